The minimum absolute atomic E-state index is 0.0352. The van der Waals surface area contributed by atoms with Crippen LogP contribution >= 0.6 is 12.6 Å². The van der Waals surface area contributed by atoms with E-state index in [1.807, 2.05) is 6.07 Å². The van der Waals surface area contributed by atoms with Crippen molar-refractivity contribution in [2.45, 2.75) is 10.3 Å². The molecule has 148 valence electrons. The average molecular weight is 429 g/mol. The van der Waals surface area contributed by atoms with Crippen LogP contribution in [-0.2, 0) is 14.8 Å². The molecule has 1 aliphatic rings. The summed E-state index contributed by atoms with van der Waals surface area (Å²) >= 11 is 4.41. The molecule has 2 heterocycles. The minimum atomic E-state index is -4.12. The number of para-hydroxylation sites is 1. The van der Waals surface area contributed by atoms with Crippen LogP contribution in [0.3, 0.4) is 0 Å². The van der Waals surface area contributed by atoms with E-state index in [0.717, 1.165) is 0 Å². The SMILES string of the molecule is COC(=O)c1cn(-c2ccccc2)c(C(S)N2C(=O)c3ccccc3S2(=O)=O)n1. The van der Waals surface area contributed by atoms with Crippen molar-refractivity contribution in [2.24, 2.45) is 0 Å². The van der Waals surface area contributed by atoms with E-state index in [1.165, 1.54) is 30.0 Å². The van der Waals surface area contributed by atoms with Crippen molar-refractivity contribution in [3.63, 3.8) is 0 Å². The molecule has 1 unspecified atom stereocenters. The first-order valence-corrected chi connectivity index (χ1v) is 10.4. The number of aromatic nitrogens is 2. The topological polar surface area (TPSA) is 98.6 Å². The van der Waals surface area contributed by atoms with E-state index < -0.39 is 27.3 Å². The van der Waals surface area contributed by atoms with Crippen LogP contribution in [0.25, 0.3) is 5.69 Å². The minimum Gasteiger partial charge on any atom is -0.464 e. The second kappa shape index (κ2) is 7.05. The molecule has 2 aromatic carbocycles. The average Bonchev–Trinajstić information content (AvgIpc) is 3.26. The maximum absolute atomic E-state index is 13.0. The fourth-order valence-electron chi connectivity index (χ4n) is 3.12. The quantitative estimate of drug-likeness (QED) is 0.505. The highest BCUT2D eigenvalue weighted by Crippen LogP contribution is 2.39. The predicted molar refractivity (Wildman–Crippen MR) is 106 cm³/mol. The Kier molecular flexibility index (Phi) is 4.67. The van der Waals surface area contributed by atoms with Crippen LogP contribution in [0.15, 0.2) is 65.7 Å². The maximum Gasteiger partial charge on any atom is 0.358 e. The predicted octanol–water partition coefficient (Wildman–Crippen LogP) is 2.43. The van der Waals surface area contributed by atoms with Crippen LogP contribution in [0.4, 0.5) is 0 Å². The number of thiol groups is 1. The van der Waals surface area contributed by atoms with Gasteiger partial charge in [0.25, 0.3) is 15.9 Å². The van der Waals surface area contributed by atoms with Gasteiger partial charge >= 0.3 is 5.97 Å². The number of rotatable bonds is 4. The van der Waals surface area contributed by atoms with Gasteiger partial charge in [-0.2, -0.15) is 0 Å². The fraction of sp³-hybridized carbons (Fsp3) is 0.105. The van der Waals surface area contributed by atoms with Gasteiger partial charge in [-0.25, -0.2) is 22.5 Å². The Morgan fingerprint density at radius 3 is 2.41 bits per heavy atom. The van der Waals surface area contributed by atoms with Crippen molar-refractivity contribution in [3.05, 3.63) is 77.9 Å². The Morgan fingerprint density at radius 2 is 1.76 bits per heavy atom. The van der Waals surface area contributed by atoms with Gasteiger partial charge in [0.15, 0.2) is 5.69 Å². The number of hydrogen-bond acceptors (Lipinski definition) is 7. The van der Waals surface area contributed by atoms with Crippen LogP contribution in [0.2, 0.25) is 0 Å². The molecule has 0 radical (unpaired) electrons. The first-order valence-electron chi connectivity index (χ1n) is 8.45. The number of benzene rings is 2. The lowest BCUT2D eigenvalue weighted by atomic mass is 10.2. The van der Waals surface area contributed by atoms with Crippen molar-refractivity contribution in [3.8, 4) is 5.69 Å². The summed E-state index contributed by atoms with van der Waals surface area (Å²) in [5.74, 6) is -1.31. The number of carbonyl (C=O) groups excluding carboxylic acids is 2. The highest BCUT2D eigenvalue weighted by atomic mass is 32.2. The highest BCUT2D eigenvalue weighted by Gasteiger charge is 2.45. The van der Waals surface area contributed by atoms with Gasteiger partial charge in [-0.1, -0.05) is 30.3 Å². The number of esters is 1. The lowest BCUT2D eigenvalue weighted by Crippen LogP contribution is -2.33. The van der Waals surface area contributed by atoms with Crippen LogP contribution < -0.4 is 0 Å². The Bertz CT molecular complexity index is 1220. The number of methoxy groups -OCH3 is 1. The number of fused-ring (bicyclic) bond motifs is 1. The summed E-state index contributed by atoms with van der Waals surface area (Å²) in [6.45, 7) is 0. The molecule has 4 rings (SSSR count). The zero-order chi connectivity index (χ0) is 20.8. The molecule has 0 N–H and O–H groups in total. The van der Waals surface area contributed by atoms with Gasteiger partial charge in [-0.05, 0) is 24.3 Å². The van der Waals surface area contributed by atoms with Gasteiger partial charge < -0.3 is 9.30 Å². The fourth-order valence-corrected chi connectivity index (χ4v) is 5.35. The van der Waals surface area contributed by atoms with Crippen LogP contribution in [0.5, 0.6) is 0 Å². The Hall–Kier alpha value is -3.11. The molecule has 0 saturated heterocycles. The van der Waals surface area contributed by atoms with Crippen molar-refractivity contribution < 1.29 is 22.7 Å². The maximum atomic E-state index is 13.0. The van der Waals surface area contributed by atoms with Gasteiger partial charge in [0, 0.05) is 11.9 Å². The van der Waals surface area contributed by atoms with Crippen LogP contribution in [0.1, 0.15) is 32.0 Å². The van der Waals surface area contributed by atoms with E-state index in [-0.39, 0.29) is 22.0 Å². The Labute approximate surface area is 172 Å². The molecule has 0 fully saturated rings. The van der Waals surface area contributed by atoms with Crippen LogP contribution in [0, 0.1) is 0 Å². The molecule has 0 aliphatic carbocycles. The van der Waals surface area contributed by atoms with E-state index >= 15 is 0 Å². The summed E-state index contributed by atoms with van der Waals surface area (Å²) in [6.07, 6.45) is 1.42. The van der Waals surface area contributed by atoms with Crippen molar-refractivity contribution in [2.75, 3.05) is 7.11 Å². The second-order valence-electron chi connectivity index (χ2n) is 6.16. The summed E-state index contributed by atoms with van der Waals surface area (Å²) in [5.41, 5.74) is 0.648. The summed E-state index contributed by atoms with van der Waals surface area (Å²) in [6, 6.07) is 14.8. The lowest BCUT2D eigenvalue weighted by molar-refractivity contribution is 0.0594. The number of imidazole rings is 1. The van der Waals surface area contributed by atoms with E-state index in [2.05, 4.69) is 17.6 Å². The molecule has 1 amide bonds. The van der Waals surface area contributed by atoms with Gasteiger partial charge in [0.2, 0.25) is 0 Å². The first-order chi connectivity index (χ1) is 13.9. The number of nitrogens with zero attached hydrogens (tertiary/aromatic N) is 3. The third kappa shape index (κ3) is 3.00. The summed E-state index contributed by atoms with van der Waals surface area (Å²) < 4.78 is 32.9. The Balaban J connectivity index is 1.86. The summed E-state index contributed by atoms with van der Waals surface area (Å²) in [5, 5.41) is -1.27. The molecule has 0 saturated carbocycles. The van der Waals surface area contributed by atoms with Crippen molar-refractivity contribution in [1.82, 2.24) is 13.9 Å². The zero-order valence-electron chi connectivity index (χ0n) is 15.1. The van der Waals surface area contributed by atoms with E-state index in [9.17, 15) is 18.0 Å². The third-order valence-electron chi connectivity index (χ3n) is 4.47. The number of hydrogen-bond donors (Lipinski definition) is 1. The van der Waals surface area contributed by atoms with Crippen molar-refractivity contribution >= 4 is 34.5 Å². The summed E-state index contributed by atoms with van der Waals surface area (Å²) in [7, 11) is -2.91. The number of carbonyl (C=O) groups is 2. The van der Waals surface area contributed by atoms with Crippen molar-refractivity contribution in [1.29, 1.82) is 0 Å². The number of amides is 1. The molecule has 8 nitrogen and oxygen atoms in total. The third-order valence-corrected chi connectivity index (χ3v) is 6.89. The van der Waals surface area contributed by atoms with E-state index in [4.69, 9.17) is 4.74 Å². The smallest absolute Gasteiger partial charge is 0.358 e. The molecule has 1 aromatic heterocycles. The molecule has 10 heteroatoms. The van der Waals surface area contributed by atoms with Gasteiger partial charge in [0.1, 0.15) is 16.1 Å². The van der Waals surface area contributed by atoms with E-state index in [1.54, 1.807) is 36.4 Å². The normalized spacial score (nSPS) is 15.8. The number of sulfonamides is 1. The Morgan fingerprint density at radius 1 is 1.10 bits per heavy atom. The zero-order valence-corrected chi connectivity index (χ0v) is 16.8. The molecular formula is C19H15N3O5S2. The molecule has 1 aliphatic heterocycles. The summed E-state index contributed by atoms with van der Waals surface area (Å²) in [4.78, 5) is 29.0. The highest BCUT2D eigenvalue weighted by molar-refractivity contribution is 7.91. The molecule has 3 aromatic rings. The second-order valence-corrected chi connectivity index (χ2v) is 8.43. The molecule has 0 bridgehead atoms. The molecule has 1 atom stereocenters. The van der Waals surface area contributed by atoms with E-state index in [0.29, 0.717) is 9.99 Å². The number of ether oxygens (including phenoxy) is 1. The van der Waals surface area contributed by atoms with Crippen LogP contribution in [-0.4, -0.2) is 41.3 Å². The lowest BCUT2D eigenvalue weighted by Gasteiger charge is -2.22. The largest absolute Gasteiger partial charge is 0.464 e. The molecule has 0 spiro atoms. The first kappa shape index (κ1) is 19.2. The van der Waals surface area contributed by atoms with Gasteiger partial charge in [-0.15, -0.1) is 12.6 Å². The molecular weight excluding hydrogens is 414 g/mol. The molecule has 29 heavy (non-hydrogen) atoms. The van der Waals surface area contributed by atoms with Gasteiger partial charge in [-0.3, -0.25) is 4.79 Å². The monoisotopic (exact) mass is 429 g/mol. The standard InChI is InChI=1S/C19H15N3O5S2/c1-27-19(24)14-11-21(12-7-3-2-4-8-12)16(20-14)18(28)22-17(23)13-9-5-6-10-15(13)29(22,25)26/h2-11,18,28H,1H3. The van der Waals surface area contributed by atoms with Gasteiger partial charge in [0.05, 0.1) is 12.7 Å².